The van der Waals surface area contributed by atoms with E-state index in [1.807, 2.05) is 0 Å². The second-order valence-corrected chi connectivity index (χ2v) is 8.04. The average molecular weight is 444 g/mol. The smallest absolute Gasteiger partial charge is 0.364 e. The Morgan fingerprint density at radius 2 is 1.91 bits per heavy atom. The minimum absolute atomic E-state index is 0.127. The van der Waals surface area contributed by atoms with Gasteiger partial charge in [0.25, 0.3) is 5.91 Å². The molecule has 3 aromatic rings. The zero-order valence-electron chi connectivity index (χ0n) is 17.0. The maximum absolute atomic E-state index is 13.5. The van der Waals surface area contributed by atoms with E-state index in [2.05, 4.69) is 30.5 Å². The van der Waals surface area contributed by atoms with E-state index < -0.39 is 11.9 Å². The zero-order chi connectivity index (χ0) is 22.5. The number of halogens is 3. The lowest BCUT2D eigenvalue weighted by Crippen LogP contribution is -2.48. The predicted octanol–water partition coefficient (Wildman–Crippen LogP) is 2.49. The van der Waals surface area contributed by atoms with Crippen LogP contribution in [0.2, 0.25) is 0 Å². The van der Waals surface area contributed by atoms with Gasteiger partial charge in [-0.1, -0.05) is 0 Å². The lowest BCUT2D eigenvalue weighted by molar-refractivity contribution is -0.141. The van der Waals surface area contributed by atoms with Gasteiger partial charge >= 0.3 is 6.18 Å². The van der Waals surface area contributed by atoms with Crippen molar-refractivity contribution in [2.24, 2.45) is 5.92 Å². The van der Waals surface area contributed by atoms with E-state index in [9.17, 15) is 18.0 Å². The van der Waals surface area contributed by atoms with Crippen molar-refractivity contribution in [1.82, 2.24) is 34.8 Å². The Labute approximate surface area is 180 Å². The standard InChI is InChI=1S/C20H19F3N8O/c1-11-2-3-14(31-26-4-5-27-31)18(28-11)19(32)30-10-12-6-13(15(30)7-12)29-17-9-24-16(8-25-17)20(21,22)23/h2-5,8-9,12-13,15H,6-7,10H2,1H3,(H,25,29)/t12-,13+,15-/m0/s1. The summed E-state index contributed by atoms with van der Waals surface area (Å²) in [6.45, 7) is 2.41. The van der Waals surface area contributed by atoms with Crippen molar-refractivity contribution in [1.29, 1.82) is 0 Å². The maximum atomic E-state index is 13.5. The Hall–Kier alpha value is -3.57. The van der Waals surface area contributed by atoms with Gasteiger partial charge in [-0.3, -0.25) is 4.79 Å². The first kappa shape index (κ1) is 20.3. The van der Waals surface area contributed by atoms with E-state index in [4.69, 9.17) is 0 Å². The maximum Gasteiger partial charge on any atom is 0.434 e. The number of piperidine rings is 1. The summed E-state index contributed by atoms with van der Waals surface area (Å²) in [7, 11) is 0. The van der Waals surface area contributed by atoms with Crippen molar-refractivity contribution in [3.8, 4) is 5.69 Å². The Bertz CT molecular complexity index is 1130. The van der Waals surface area contributed by atoms with Crippen LogP contribution in [0.15, 0.2) is 36.9 Å². The predicted molar refractivity (Wildman–Crippen MR) is 106 cm³/mol. The second kappa shape index (κ2) is 7.53. The molecule has 2 bridgehead atoms. The molecule has 3 aromatic heterocycles. The molecule has 1 saturated heterocycles. The molecule has 3 atom stereocenters. The number of aromatic nitrogens is 6. The summed E-state index contributed by atoms with van der Waals surface area (Å²) in [5.74, 6) is 0.316. The number of carbonyl (C=O) groups excluding carboxylic acids is 1. The number of likely N-dealkylation sites (tertiary alicyclic amines) is 1. The number of hydrogen-bond acceptors (Lipinski definition) is 7. The monoisotopic (exact) mass is 444 g/mol. The Morgan fingerprint density at radius 3 is 2.56 bits per heavy atom. The molecule has 1 aliphatic carbocycles. The van der Waals surface area contributed by atoms with Crippen LogP contribution in [0.1, 0.15) is 34.7 Å². The number of anilines is 1. The number of alkyl halides is 3. The van der Waals surface area contributed by atoms with E-state index in [0.717, 1.165) is 19.0 Å². The largest absolute Gasteiger partial charge is 0.434 e. The topological polar surface area (TPSA) is 102 Å². The molecule has 2 fully saturated rings. The highest BCUT2D eigenvalue weighted by molar-refractivity contribution is 5.96. The highest BCUT2D eigenvalue weighted by Gasteiger charge is 2.48. The van der Waals surface area contributed by atoms with Crippen LogP contribution in [0.5, 0.6) is 0 Å². The highest BCUT2D eigenvalue weighted by atomic mass is 19.4. The molecular weight excluding hydrogens is 425 g/mol. The molecule has 32 heavy (non-hydrogen) atoms. The van der Waals surface area contributed by atoms with Gasteiger partial charge in [0.1, 0.15) is 11.5 Å². The van der Waals surface area contributed by atoms with Crippen LogP contribution in [0, 0.1) is 12.8 Å². The number of nitrogens with one attached hydrogen (secondary N) is 1. The van der Waals surface area contributed by atoms with Gasteiger partial charge in [0, 0.05) is 18.3 Å². The van der Waals surface area contributed by atoms with Crippen molar-refractivity contribution < 1.29 is 18.0 Å². The molecule has 0 radical (unpaired) electrons. The van der Waals surface area contributed by atoms with Crippen LogP contribution >= 0.6 is 0 Å². The third-order valence-electron chi connectivity index (χ3n) is 5.87. The number of hydrogen-bond donors (Lipinski definition) is 1. The fraction of sp³-hybridized carbons (Fsp3) is 0.400. The van der Waals surface area contributed by atoms with Crippen LogP contribution in [-0.2, 0) is 6.18 Å². The molecular formula is C20H19F3N8O. The van der Waals surface area contributed by atoms with E-state index >= 15 is 0 Å². The normalized spacial score (nSPS) is 22.4. The lowest BCUT2D eigenvalue weighted by Gasteiger charge is -2.34. The van der Waals surface area contributed by atoms with Gasteiger partial charge in [-0.15, -0.1) is 4.80 Å². The van der Waals surface area contributed by atoms with Gasteiger partial charge in [0.15, 0.2) is 11.4 Å². The first-order valence-corrected chi connectivity index (χ1v) is 10.1. The minimum atomic E-state index is -4.54. The molecule has 5 rings (SSSR count). The number of carbonyl (C=O) groups is 1. The van der Waals surface area contributed by atoms with Crippen LogP contribution < -0.4 is 5.32 Å². The van der Waals surface area contributed by atoms with Gasteiger partial charge in [-0.2, -0.15) is 23.4 Å². The van der Waals surface area contributed by atoms with Gasteiger partial charge in [-0.25, -0.2) is 15.0 Å². The number of rotatable bonds is 4. The molecule has 9 nitrogen and oxygen atoms in total. The number of nitrogens with zero attached hydrogens (tertiary/aromatic N) is 7. The molecule has 0 aromatic carbocycles. The molecule has 166 valence electrons. The molecule has 1 aliphatic heterocycles. The molecule has 1 saturated carbocycles. The summed E-state index contributed by atoms with van der Waals surface area (Å²) < 4.78 is 38.2. The molecule has 1 N–H and O–H groups in total. The Balaban J connectivity index is 1.37. The Morgan fingerprint density at radius 1 is 1.12 bits per heavy atom. The van der Waals surface area contributed by atoms with Crippen molar-refractivity contribution in [2.75, 3.05) is 11.9 Å². The van der Waals surface area contributed by atoms with Crippen LogP contribution in [0.3, 0.4) is 0 Å². The fourth-order valence-electron chi connectivity index (χ4n) is 4.50. The number of amides is 1. The summed E-state index contributed by atoms with van der Waals surface area (Å²) in [6, 6.07) is 3.29. The van der Waals surface area contributed by atoms with Crippen molar-refractivity contribution in [3.05, 3.63) is 54.0 Å². The third-order valence-corrected chi connectivity index (χ3v) is 5.87. The fourth-order valence-corrected chi connectivity index (χ4v) is 4.50. The summed E-state index contributed by atoms with van der Waals surface area (Å²) in [6.07, 6.45) is 1.89. The van der Waals surface area contributed by atoms with Crippen molar-refractivity contribution >= 4 is 11.7 Å². The van der Waals surface area contributed by atoms with Crippen LogP contribution in [0.25, 0.3) is 5.69 Å². The minimum Gasteiger partial charge on any atom is -0.364 e. The summed E-state index contributed by atoms with van der Waals surface area (Å²) in [4.78, 5) is 28.4. The number of fused-ring (bicyclic) bond motifs is 2. The summed E-state index contributed by atoms with van der Waals surface area (Å²) >= 11 is 0. The van der Waals surface area contributed by atoms with Crippen LogP contribution in [-0.4, -0.2) is 59.4 Å². The molecule has 4 heterocycles. The second-order valence-electron chi connectivity index (χ2n) is 8.04. The third kappa shape index (κ3) is 3.65. The Kier molecular flexibility index (Phi) is 4.79. The summed E-state index contributed by atoms with van der Waals surface area (Å²) in [5.41, 5.74) is 0.412. The average Bonchev–Trinajstić information content (AvgIpc) is 3.50. The van der Waals surface area contributed by atoms with Crippen molar-refractivity contribution in [2.45, 2.75) is 38.0 Å². The molecule has 0 spiro atoms. The van der Waals surface area contributed by atoms with Gasteiger partial charge < -0.3 is 10.2 Å². The van der Waals surface area contributed by atoms with Gasteiger partial charge in [0.2, 0.25) is 0 Å². The van der Waals surface area contributed by atoms with Crippen molar-refractivity contribution in [3.63, 3.8) is 0 Å². The lowest BCUT2D eigenvalue weighted by atomic mass is 10.0. The SMILES string of the molecule is Cc1ccc(-n2nccn2)c(C(=O)N2C[C@H]3C[C@@H](Nc4cnc(C(F)(F)F)cn4)[C@@H]2C3)n1. The quantitative estimate of drug-likeness (QED) is 0.660. The van der Waals surface area contributed by atoms with E-state index in [0.29, 0.717) is 30.0 Å². The zero-order valence-corrected chi connectivity index (χ0v) is 17.0. The summed E-state index contributed by atoms with van der Waals surface area (Å²) in [5, 5.41) is 11.4. The van der Waals surface area contributed by atoms with E-state index in [1.54, 1.807) is 24.0 Å². The van der Waals surface area contributed by atoms with Gasteiger partial charge in [-0.05, 0) is 37.8 Å². The number of pyridine rings is 1. The molecule has 12 heteroatoms. The highest BCUT2D eigenvalue weighted by Crippen LogP contribution is 2.40. The first-order valence-electron chi connectivity index (χ1n) is 10.1. The number of aryl methyl sites for hydroxylation is 1. The van der Waals surface area contributed by atoms with Crippen LogP contribution in [0.4, 0.5) is 19.0 Å². The molecule has 2 aliphatic rings. The molecule has 0 unspecified atom stereocenters. The van der Waals surface area contributed by atoms with E-state index in [1.165, 1.54) is 17.2 Å². The van der Waals surface area contributed by atoms with E-state index in [-0.39, 0.29) is 29.5 Å². The molecule has 1 amide bonds. The first-order chi connectivity index (χ1) is 15.3. The van der Waals surface area contributed by atoms with Gasteiger partial charge in [0.05, 0.1) is 30.8 Å².